The molecule has 0 aliphatic carbocycles. The first-order valence-corrected chi connectivity index (χ1v) is 15.2. The summed E-state index contributed by atoms with van der Waals surface area (Å²) in [6, 6.07) is 35.4. The van der Waals surface area contributed by atoms with E-state index >= 15 is 0 Å². The van der Waals surface area contributed by atoms with Gasteiger partial charge in [0.1, 0.15) is 6.04 Å². The summed E-state index contributed by atoms with van der Waals surface area (Å²) in [7, 11) is 0. The zero-order chi connectivity index (χ0) is 33.6. The minimum Gasteiger partial charge on any atom is -0.480 e. The van der Waals surface area contributed by atoms with E-state index in [4.69, 9.17) is 6.57 Å². The topological polar surface area (TPSA) is 99.9 Å². The summed E-state index contributed by atoms with van der Waals surface area (Å²) in [6.45, 7) is 13.6. The summed E-state index contributed by atoms with van der Waals surface area (Å²) in [5.74, 6) is -2.24. The summed E-state index contributed by atoms with van der Waals surface area (Å²) in [4.78, 5) is 43.0. The predicted molar refractivity (Wildman–Crippen MR) is 186 cm³/mol. The highest BCUT2D eigenvalue weighted by molar-refractivity contribution is 6.10. The highest BCUT2D eigenvalue weighted by Gasteiger charge is 2.24. The van der Waals surface area contributed by atoms with Gasteiger partial charge in [0.15, 0.2) is 5.69 Å². The summed E-state index contributed by atoms with van der Waals surface area (Å²) in [6.07, 6.45) is 0.0602. The summed E-state index contributed by atoms with van der Waals surface area (Å²) < 4.78 is 0. The molecule has 5 rings (SSSR count). The zero-order valence-electron chi connectivity index (χ0n) is 26.5. The van der Waals surface area contributed by atoms with Gasteiger partial charge in [0.25, 0.3) is 11.8 Å². The van der Waals surface area contributed by atoms with Crippen molar-refractivity contribution in [2.24, 2.45) is 0 Å². The second-order valence-corrected chi connectivity index (χ2v) is 12.3. The molecule has 0 spiro atoms. The lowest BCUT2D eigenvalue weighted by molar-refractivity contribution is -0.139. The molecule has 1 atom stereocenters. The molecule has 0 bridgehead atoms. The van der Waals surface area contributed by atoms with Crippen LogP contribution in [0.25, 0.3) is 27.1 Å². The first kappa shape index (κ1) is 32.4. The second-order valence-electron chi connectivity index (χ2n) is 12.3. The number of hydrogen-bond donors (Lipinski definition) is 3. The van der Waals surface area contributed by atoms with Gasteiger partial charge in [0.2, 0.25) is 0 Å². The van der Waals surface area contributed by atoms with Gasteiger partial charge in [-0.1, -0.05) is 112 Å². The van der Waals surface area contributed by atoms with E-state index in [0.29, 0.717) is 22.4 Å². The number of nitrogens with zero attached hydrogens (tertiary/aromatic N) is 1. The molecule has 2 amide bonds. The highest BCUT2D eigenvalue weighted by atomic mass is 16.4. The van der Waals surface area contributed by atoms with Crippen molar-refractivity contribution in [3.63, 3.8) is 0 Å². The maximum absolute atomic E-state index is 13.8. The Balaban J connectivity index is 1.42. The first-order chi connectivity index (χ1) is 22.5. The van der Waals surface area contributed by atoms with Crippen LogP contribution in [0.5, 0.6) is 0 Å². The SMILES string of the molecule is [C-]#[N+]c1cccc(-c2ccc(NC(=O)c3ccc(C(C)(C)C)cc3)c(C(=O)N[C@@H](Cc3ccc(-c4ccccc4)cc3)C(=O)O)c2)c1. The third kappa shape index (κ3) is 7.99. The molecule has 7 nitrogen and oxygen atoms in total. The van der Waals surface area contributed by atoms with E-state index in [1.165, 1.54) is 0 Å². The molecule has 47 heavy (non-hydrogen) atoms. The van der Waals surface area contributed by atoms with Gasteiger partial charge in [0, 0.05) is 12.0 Å². The van der Waals surface area contributed by atoms with E-state index < -0.39 is 23.8 Å². The quantitative estimate of drug-likeness (QED) is 0.144. The monoisotopic (exact) mass is 621 g/mol. The molecular formula is C40H35N3O4. The molecule has 234 valence electrons. The van der Waals surface area contributed by atoms with Crippen molar-refractivity contribution in [3.8, 4) is 22.3 Å². The molecular weight excluding hydrogens is 586 g/mol. The first-order valence-electron chi connectivity index (χ1n) is 15.2. The van der Waals surface area contributed by atoms with Gasteiger partial charge in [-0.2, -0.15) is 0 Å². The van der Waals surface area contributed by atoms with Crippen LogP contribution in [0, 0.1) is 6.57 Å². The molecule has 0 aliphatic heterocycles. The van der Waals surface area contributed by atoms with Crippen molar-refractivity contribution in [2.75, 3.05) is 5.32 Å². The highest BCUT2D eigenvalue weighted by Crippen LogP contribution is 2.29. The van der Waals surface area contributed by atoms with Crippen LogP contribution in [0.3, 0.4) is 0 Å². The molecule has 0 saturated carbocycles. The Morgan fingerprint density at radius 1 is 0.723 bits per heavy atom. The van der Waals surface area contributed by atoms with Gasteiger partial charge in [0.05, 0.1) is 17.8 Å². The maximum atomic E-state index is 13.8. The van der Waals surface area contributed by atoms with Crippen LogP contribution >= 0.6 is 0 Å². The third-order valence-corrected chi connectivity index (χ3v) is 7.94. The minimum atomic E-state index is -1.23. The number of carboxylic acid groups (broad SMARTS) is 1. The molecule has 3 N–H and O–H groups in total. The fourth-order valence-electron chi connectivity index (χ4n) is 5.23. The number of rotatable bonds is 9. The van der Waals surface area contributed by atoms with Crippen LogP contribution in [0.1, 0.15) is 52.6 Å². The van der Waals surface area contributed by atoms with Gasteiger partial charge in [-0.25, -0.2) is 9.64 Å². The van der Waals surface area contributed by atoms with Crippen molar-refractivity contribution in [1.29, 1.82) is 0 Å². The Morgan fingerprint density at radius 3 is 1.98 bits per heavy atom. The second kappa shape index (κ2) is 14.0. The number of amides is 2. The molecule has 5 aromatic carbocycles. The van der Waals surface area contributed by atoms with Crippen LogP contribution in [0.2, 0.25) is 0 Å². The molecule has 0 fully saturated rings. The average Bonchev–Trinajstić information content (AvgIpc) is 3.08. The average molecular weight is 622 g/mol. The van der Waals surface area contributed by atoms with E-state index in [9.17, 15) is 19.5 Å². The predicted octanol–water partition coefficient (Wildman–Crippen LogP) is 8.55. The van der Waals surface area contributed by atoms with Crippen molar-refractivity contribution in [2.45, 2.75) is 38.6 Å². The molecule has 0 radical (unpaired) electrons. The maximum Gasteiger partial charge on any atom is 0.326 e. The van der Waals surface area contributed by atoms with Gasteiger partial charge in [-0.15, -0.1) is 0 Å². The molecule has 0 aromatic heterocycles. The van der Waals surface area contributed by atoms with E-state index in [0.717, 1.165) is 22.3 Å². The summed E-state index contributed by atoms with van der Waals surface area (Å²) in [5.41, 5.74) is 6.31. The van der Waals surface area contributed by atoms with Gasteiger partial charge < -0.3 is 15.7 Å². The van der Waals surface area contributed by atoms with E-state index in [2.05, 4.69) is 36.2 Å². The number of hydrogen-bond acceptors (Lipinski definition) is 3. The third-order valence-electron chi connectivity index (χ3n) is 7.94. The van der Waals surface area contributed by atoms with Crippen LogP contribution in [-0.2, 0) is 16.6 Å². The molecule has 0 aliphatic rings. The molecule has 0 heterocycles. The Kier molecular flexibility index (Phi) is 9.63. The Labute approximate surface area is 274 Å². The largest absolute Gasteiger partial charge is 0.480 e. The number of carbonyl (C=O) groups is 3. The van der Waals surface area contributed by atoms with Crippen molar-refractivity contribution in [3.05, 3.63) is 155 Å². The lowest BCUT2D eigenvalue weighted by Gasteiger charge is -2.19. The number of benzene rings is 5. The van der Waals surface area contributed by atoms with Crippen LogP contribution in [-0.4, -0.2) is 28.9 Å². The Hall–Kier alpha value is -6.00. The van der Waals surface area contributed by atoms with Crippen LogP contribution in [0.15, 0.2) is 121 Å². The van der Waals surface area contributed by atoms with E-state index in [-0.39, 0.29) is 23.1 Å². The fourth-order valence-corrected chi connectivity index (χ4v) is 5.23. The Bertz CT molecular complexity index is 1950. The molecule has 0 saturated heterocycles. The van der Waals surface area contributed by atoms with E-state index in [1.54, 1.807) is 48.5 Å². The smallest absolute Gasteiger partial charge is 0.326 e. The standard InChI is InChI=1S/C40H35N3O4/c1-40(2,3)32-20-17-29(18-21-32)37(44)42-35-22-19-31(30-11-8-12-33(24-30)41-4)25-34(35)38(45)43-36(39(46)47)23-26-13-15-28(16-14-26)27-9-6-5-7-10-27/h5-22,24-25,36H,23H2,1-3H3,(H,42,44)(H,43,45)(H,46,47)/t36-/m0/s1. The molecule has 0 unspecified atom stereocenters. The Morgan fingerprint density at radius 2 is 1.34 bits per heavy atom. The lowest BCUT2D eigenvalue weighted by Crippen LogP contribution is -2.42. The van der Waals surface area contributed by atoms with Crippen molar-refractivity contribution < 1.29 is 19.5 Å². The van der Waals surface area contributed by atoms with Gasteiger partial charge in [-0.05, 0) is 69.1 Å². The number of anilines is 1. The summed E-state index contributed by atoms with van der Waals surface area (Å²) >= 11 is 0. The van der Waals surface area contributed by atoms with Gasteiger partial charge in [-0.3, -0.25) is 9.59 Å². The van der Waals surface area contributed by atoms with Crippen molar-refractivity contribution >= 4 is 29.2 Å². The normalized spacial score (nSPS) is 11.6. The zero-order valence-corrected chi connectivity index (χ0v) is 26.5. The number of carboxylic acids is 1. The van der Waals surface area contributed by atoms with Crippen LogP contribution < -0.4 is 10.6 Å². The minimum absolute atomic E-state index is 0.0602. The van der Waals surface area contributed by atoms with E-state index in [1.807, 2.05) is 72.8 Å². The van der Waals surface area contributed by atoms with Gasteiger partial charge >= 0.3 is 5.97 Å². The lowest BCUT2D eigenvalue weighted by atomic mass is 9.86. The fraction of sp³-hybridized carbons (Fsp3) is 0.150. The number of carbonyl (C=O) groups excluding carboxylic acids is 2. The molecule has 5 aromatic rings. The molecule has 7 heteroatoms. The van der Waals surface area contributed by atoms with Crippen molar-refractivity contribution in [1.82, 2.24) is 5.32 Å². The summed E-state index contributed by atoms with van der Waals surface area (Å²) in [5, 5.41) is 15.6. The van der Waals surface area contributed by atoms with Crippen LogP contribution in [0.4, 0.5) is 11.4 Å². The number of aliphatic carboxylic acids is 1. The number of nitrogens with one attached hydrogen (secondary N) is 2.